The number of likely N-dealkylation sites (tertiary alicyclic amines) is 1. The molecular weight excluding hydrogens is 244 g/mol. The van der Waals surface area contributed by atoms with Gasteiger partial charge < -0.3 is 4.90 Å². The van der Waals surface area contributed by atoms with Gasteiger partial charge in [-0.1, -0.05) is 0 Å². The maximum Gasteiger partial charge on any atom is 0.280 e. The number of aromatic nitrogens is 3. The molecule has 3 rings (SSSR count). The Labute approximate surface area is 109 Å². The first-order chi connectivity index (χ1) is 9.16. The SMILES string of the molecule is CN1C[C@@H](n2cnc3cccnc3c2=O)CCC1=O. The van der Waals surface area contributed by atoms with Gasteiger partial charge in [0.25, 0.3) is 5.56 Å². The largest absolute Gasteiger partial charge is 0.344 e. The predicted molar refractivity (Wildman–Crippen MR) is 69.7 cm³/mol. The number of hydrogen-bond donors (Lipinski definition) is 0. The summed E-state index contributed by atoms with van der Waals surface area (Å²) >= 11 is 0. The standard InChI is InChI=1S/C13H14N4O2/c1-16-7-9(4-5-11(16)18)17-8-15-10-3-2-6-14-12(10)13(17)19/h2-3,6,8-9H,4-5,7H2,1H3/t9-/m0/s1. The number of likely N-dealkylation sites (N-methyl/N-ethyl adjacent to an activating group) is 1. The highest BCUT2D eigenvalue weighted by atomic mass is 16.2. The van der Waals surface area contributed by atoms with E-state index in [1.54, 1.807) is 41.2 Å². The van der Waals surface area contributed by atoms with Gasteiger partial charge in [0, 0.05) is 26.2 Å². The lowest BCUT2D eigenvalue weighted by atomic mass is 10.1. The molecule has 3 heterocycles. The first-order valence-electron chi connectivity index (χ1n) is 6.22. The van der Waals surface area contributed by atoms with E-state index in [0.717, 1.165) is 0 Å². The average molecular weight is 258 g/mol. The first kappa shape index (κ1) is 11.8. The summed E-state index contributed by atoms with van der Waals surface area (Å²) in [5.41, 5.74) is 0.840. The molecule has 1 saturated heterocycles. The summed E-state index contributed by atoms with van der Waals surface area (Å²) in [4.78, 5) is 33.9. The fraction of sp³-hybridized carbons (Fsp3) is 0.385. The van der Waals surface area contributed by atoms with Crippen LogP contribution in [0.25, 0.3) is 11.0 Å². The highest BCUT2D eigenvalue weighted by Gasteiger charge is 2.25. The van der Waals surface area contributed by atoms with E-state index in [9.17, 15) is 9.59 Å². The van der Waals surface area contributed by atoms with Crippen molar-refractivity contribution >= 4 is 16.9 Å². The highest BCUT2D eigenvalue weighted by molar-refractivity contribution is 5.76. The van der Waals surface area contributed by atoms with Crippen molar-refractivity contribution < 1.29 is 4.79 Å². The quantitative estimate of drug-likeness (QED) is 0.750. The van der Waals surface area contributed by atoms with Crippen LogP contribution in [0.4, 0.5) is 0 Å². The first-order valence-corrected chi connectivity index (χ1v) is 6.22. The highest BCUT2D eigenvalue weighted by Crippen LogP contribution is 2.20. The molecule has 1 amide bonds. The molecule has 0 N–H and O–H groups in total. The summed E-state index contributed by atoms with van der Waals surface area (Å²) in [5.74, 6) is 0.121. The molecule has 1 aliphatic rings. The van der Waals surface area contributed by atoms with E-state index in [-0.39, 0.29) is 17.5 Å². The zero-order chi connectivity index (χ0) is 13.4. The van der Waals surface area contributed by atoms with Gasteiger partial charge in [0.05, 0.1) is 17.9 Å². The van der Waals surface area contributed by atoms with E-state index in [0.29, 0.717) is 30.4 Å². The van der Waals surface area contributed by atoms with Crippen LogP contribution in [0.15, 0.2) is 29.5 Å². The molecule has 0 radical (unpaired) electrons. The molecule has 6 nitrogen and oxygen atoms in total. The third-order valence-corrected chi connectivity index (χ3v) is 3.54. The number of fused-ring (bicyclic) bond motifs is 1. The molecule has 19 heavy (non-hydrogen) atoms. The summed E-state index contributed by atoms with van der Waals surface area (Å²) in [6.45, 7) is 0.540. The van der Waals surface area contributed by atoms with Crippen molar-refractivity contribution in [1.82, 2.24) is 19.4 Å². The Morgan fingerprint density at radius 1 is 1.32 bits per heavy atom. The molecule has 0 unspecified atom stereocenters. The van der Waals surface area contributed by atoms with Crippen LogP contribution in [-0.2, 0) is 4.79 Å². The number of hydrogen-bond acceptors (Lipinski definition) is 4. The number of amides is 1. The van der Waals surface area contributed by atoms with E-state index in [1.807, 2.05) is 0 Å². The number of nitrogens with zero attached hydrogens (tertiary/aromatic N) is 4. The lowest BCUT2D eigenvalue weighted by molar-refractivity contribution is -0.132. The van der Waals surface area contributed by atoms with Crippen LogP contribution < -0.4 is 5.56 Å². The molecule has 1 atom stereocenters. The van der Waals surface area contributed by atoms with Gasteiger partial charge in [-0.05, 0) is 18.6 Å². The van der Waals surface area contributed by atoms with Crippen LogP contribution in [0.3, 0.4) is 0 Å². The van der Waals surface area contributed by atoms with Crippen LogP contribution in [-0.4, -0.2) is 38.9 Å². The van der Waals surface area contributed by atoms with Crippen LogP contribution in [0.1, 0.15) is 18.9 Å². The van der Waals surface area contributed by atoms with Gasteiger partial charge in [-0.15, -0.1) is 0 Å². The van der Waals surface area contributed by atoms with Gasteiger partial charge in [0.2, 0.25) is 5.91 Å². The molecule has 1 fully saturated rings. The van der Waals surface area contributed by atoms with Crippen LogP contribution in [0.2, 0.25) is 0 Å². The van der Waals surface area contributed by atoms with Crippen LogP contribution >= 0.6 is 0 Å². The second-order valence-corrected chi connectivity index (χ2v) is 4.79. The van der Waals surface area contributed by atoms with E-state index in [4.69, 9.17) is 0 Å². The van der Waals surface area contributed by atoms with Crippen molar-refractivity contribution in [3.63, 3.8) is 0 Å². The molecule has 0 aromatic carbocycles. The van der Waals surface area contributed by atoms with E-state index >= 15 is 0 Å². The molecule has 0 saturated carbocycles. The van der Waals surface area contributed by atoms with E-state index in [2.05, 4.69) is 9.97 Å². The van der Waals surface area contributed by atoms with Gasteiger partial charge in [0.15, 0.2) is 5.52 Å². The summed E-state index contributed by atoms with van der Waals surface area (Å²) in [5, 5.41) is 0. The third kappa shape index (κ3) is 1.99. The number of rotatable bonds is 1. The van der Waals surface area contributed by atoms with Crippen molar-refractivity contribution in [2.45, 2.75) is 18.9 Å². The lowest BCUT2D eigenvalue weighted by Crippen LogP contribution is -2.40. The van der Waals surface area contributed by atoms with Gasteiger partial charge in [-0.3, -0.25) is 14.2 Å². The fourth-order valence-corrected chi connectivity index (χ4v) is 2.44. The Morgan fingerprint density at radius 3 is 2.95 bits per heavy atom. The van der Waals surface area contributed by atoms with Gasteiger partial charge in [0.1, 0.15) is 0 Å². The van der Waals surface area contributed by atoms with Crippen molar-refractivity contribution in [2.24, 2.45) is 0 Å². The summed E-state index contributed by atoms with van der Waals surface area (Å²) in [6.07, 6.45) is 4.28. The molecular formula is C13H14N4O2. The molecule has 98 valence electrons. The minimum atomic E-state index is -0.140. The number of carbonyl (C=O) groups excluding carboxylic acids is 1. The van der Waals surface area contributed by atoms with E-state index < -0.39 is 0 Å². The van der Waals surface area contributed by atoms with Gasteiger partial charge in [-0.2, -0.15) is 0 Å². The lowest BCUT2D eigenvalue weighted by Gasteiger charge is -2.30. The van der Waals surface area contributed by atoms with Crippen molar-refractivity contribution in [1.29, 1.82) is 0 Å². The molecule has 2 aromatic rings. The van der Waals surface area contributed by atoms with Crippen molar-refractivity contribution in [3.05, 3.63) is 35.0 Å². The molecule has 0 bridgehead atoms. The fourth-order valence-electron chi connectivity index (χ4n) is 2.44. The second-order valence-electron chi connectivity index (χ2n) is 4.79. The third-order valence-electron chi connectivity index (χ3n) is 3.54. The summed E-state index contributed by atoms with van der Waals surface area (Å²) < 4.78 is 1.60. The van der Waals surface area contributed by atoms with Crippen molar-refractivity contribution in [2.75, 3.05) is 13.6 Å². The molecule has 1 aliphatic heterocycles. The average Bonchev–Trinajstić information content (AvgIpc) is 2.43. The zero-order valence-electron chi connectivity index (χ0n) is 10.6. The number of pyridine rings is 1. The zero-order valence-corrected chi connectivity index (χ0v) is 10.6. The van der Waals surface area contributed by atoms with E-state index in [1.165, 1.54) is 0 Å². The predicted octanol–water partition coefficient (Wildman–Crippen LogP) is 0.585. The minimum Gasteiger partial charge on any atom is -0.344 e. The van der Waals surface area contributed by atoms with Gasteiger partial charge >= 0.3 is 0 Å². The Morgan fingerprint density at radius 2 is 2.16 bits per heavy atom. The molecule has 0 spiro atoms. The van der Waals surface area contributed by atoms with Gasteiger partial charge in [-0.25, -0.2) is 9.97 Å². The van der Waals surface area contributed by atoms with Crippen LogP contribution in [0, 0.1) is 0 Å². The number of piperidine rings is 1. The van der Waals surface area contributed by atoms with Crippen molar-refractivity contribution in [3.8, 4) is 0 Å². The topological polar surface area (TPSA) is 68.1 Å². The molecule has 0 aliphatic carbocycles. The monoisotopic (exact) mass is 258 g/mol. The maximum absolute atomic E-state index is 12.4. The second kappa shape index (κ2) is 4.46. The number of carbonyl (C=O) groups is 1. The Balaban J connectivity index is 2.04. The Kier molecular flexibility index (Phi) is 2.77. The molecule has 6 heteroatoms. The summed E-state index contributed by atoms with van der Waals surface area (Å²) in [6, 6.07) is 3.51. The summed E-state index contributed by atoms with van der Waals surface area (Å²) in [7, 11) is 1.76. The Hall–Kier alpha value is -2.24. The van der Waals surface area contributed by atoms with Crippen LogP contribution in [0.5, 0.6) is 0 Å². The minimum absolute atomic E-state index is 0.0193. The molecule has 2 aromatic heterocycles. The smallest absolute Gasteiger partial charge is 0.280 e. The maximum atomic E-state index is 12.4. The normalized spacial score (nSPS) is 19.9. The Bertz CT molecular complexity index is 694.